The first-order chi connectivity index (χ1) is 31.0. The summed E-state index contributed by atoms with van der Waals surface area (Å²) < 4.78 is 5.50. The molecule has 0 atom stereocenters. The van der Waals surface area contributed by atoms with Gasteiger partial charge in [0, 0.05) is 44.6 Å². The molecule has 2 nitrogen and oxygen atoms in total. The minimum atomic E-state index is -0.982. The van der Waals surface area contributed by atoms with Gasteiger partial charge >= 0.3 is 0 Å². The molecule has 0 unspecified atom stereocenters. The molecular formula is C58H59N2P3. The van der Waals surface area contributed by atoms with Crippen LogP contribution in [0.4, 0.5) is 11.4 Å². The lowest BCUT2D eigenvalue weighted by atomic mass is 9.92. The molecule has 0 aliphatic carbocycles. The van der Waals surface area contributed by atoms with Crippen molar-refractivity contribution in [2.75, 3.05) is 16.2 Å². The minimum Gasteiger partial charge on any atom is -0.346 e. The number of benzene rings is 8. The van der Waals surface area contributed by atoms with E-state index in [1.165, 1.54) is 76.6 Å². The summed E-state index contributed by atoms with van der Waals surface area (Å²) in [6, 6.07) is 77.4. The second-order valence-electron chi connectivity index (χ2n) is 15.9. The van der Waals surface area contributed by atoms with Crippen LogP contribution >= 0.6 is 24.2 Å². The van der Waals surface area contributed by atoms with Crippen LogP contribution in [-0.4, -0.2) is 7.05 Å². The Morgan fingerprint density at radius 1 is 0.317 bits per heavy atom. The largest absolute Gasteiger partial charge is 0.346 e. The molecule has 0 aromatic heterocycles. The summed E-state index contributed by atoms with van der Waals surface area (Å²) in [5.41, 5.74) is 11.3. The molecule has 63 heavy (non-hydrogen) atoms. The number of anilines is 2. The third-order valence-corrected chi connectivity index (χ3v) is 19.5. The molecule has 0 saturated heterocycles. The molecule has 0 aliphatic heterocycles. The summed E-state index contributed by atoms with van der Waals surface area (Å²) in [7, 11) is -0.402. The van der Waals surface area contributed by atoms with Gasteiger partial charge in [0.25, 0.3) is 0 Å². The predicted octanol–water partition coefficient (Wildman–Crippen LogP) is 12.9. The van der Waals surface area contributed by atoms with E-state index in [1.54, 1.807) is 0 Å². The van der Waals surface area contributed by atoms with Gasteiger partial charge in [0.15, 0.2) is 0 Å². The van der Waals surface area contributed by atoms with Gasteiger partial charge in [0.1, 0.15) is 0 Å². The van der Waals surface area contributed by atoms with Crippen molar-refractivity contribution in [1.29, 1.82) is 0 Å². The molecule has 316 valence electrons. The number of nitrogens with zero attached hydrogens (tertiary/aromatic N) is 2. The average Bonchev–Trinajstić information content (AvgIpc) is 3.35. The maximum atomic E-state index is 2.90. The molecule has 0 heterocycles. The van der Waals surface area contributed by atoms with Crippen molar-refractivity contribution >= 4 is 67.4 Å². The van der Waals surface area contributed by atoms with E-state index in [-0.39, 0.29) is 0 Å². The lowest BCUT2D eigenvalue weighted by Gasteiger charge is -2.42. The maximum Gasteiger partial charge on any atom is 0.0590 e. The fourth-order valence-corrected chi connectivity index (χ4v) is 17.4. The standard InChI is InChI=1S/C58H59N2P3/c1-6-47-41-45(42-48(7-2)57(47)59(5)61(51-28-16-10-17-29-51)52-30-18-11-19-31-52)40-46-43-49(8-3)58(50(9-4)44-46)60(62(53-32-20-12-21-33-53)54-34-22-13-23-35-54)63(55-36-24-14-25-37-55)56-38-26-15-27-39-56/h10-39,41-44H,6-9,40H2,1-5H3. The van der Waals surface area contributed by atoms with Gasteiger partial charge in [-0.1, -0.05) is 234 Å². The topological polar surface area (TPSA) is 6.48 Å². The lowest BCUT2D eigenvalue weighted by Crippen LogP contribution is -2.33. The summed E-state index contributed by atoms with van der Waals surface area (Å²) in [6.07, 6.45) is 4.74. The summed E-state index contributed by atoms with van der Waals surface area (Å²) in [6.45, 7) is 9.36. The molecule has 0 radical (unpaired) electrons. The van der Waals surface area contributed by atoms with Crippen LogP contribution in [0.2, 0.25) is 0 Å². The molecule has 0 N–H and O–H groups in total. The van der Waals surface area contributed by atoms with Crippen molar-refractivity contribution in [2.24, 2.45) is 0 Å². The first-order valence-corrected chi connectivity index (χ1v) is 26.4. The number of aryl methyl sites for hydroxylation is 4. The fraction of sp³-hybridized carbons (Fsp3) is 0.172. The molecule has 5 heteroatoms. The van der Waals surface area contributed by atoms with E-state index in [4.69, 9.17) is 0 Å². The predicted molar refractivity (Wildman–Crippen MR) is 281 cm³/mol. The monoisotopic (exact) mass is 876 g/mol. The molecule has 0 fully saturated rings. The number of rotatable bonds is 17. The first-order valence-electron chi connectivity index (χ1n) is 22.6. The average molecular weight is 877 g/mol. The molecule has 0 spiro atoms. The van der Waals surface area contributed by atoms with Gasteiger partial charge in [-0.25, -0.2) is 0 Å². The van der Waals surface area contributed by atoms with Crippen LogP contribution in [0, 0.1) is 0 Å². The normalized spacial score (nSPS) is 11.4. The van der Waals surface area contributed by atoms with E-state index < -0.39 is 24.2 Å². The van der Waals surface area contributed by atoms with Crippen molar-refractivity contribution in [2.45, 2.75) is 59.8 Å². The van der Waals surface area contributed by atoms with Crippen LogP contribution in [0.25, 0.3) is 0 Å². The van der Waals surface area contributed by atoms with E-state index in [0.29, 0.717) is 0 Å². The van der Waals surface area contributed by atoms with Crippen LogP contribution in [0.1, 0.15) is 61.1 Å². The Bertz CT molecular complexity index is 2410. The Morgan fingerprint density at radius 3 is 0.810 bits per heavy atom. The number of hydrogen-bond donors (Lipinski definition) is 0. The lowest BCUT2D eigenvalue weighted by molar-refractivity contribution is 1.03. The summed E-state index contributed by atoms with van der Waals surface area (Å²) in [4.78, 5) is 0. The highest BCUT2D eigenvalue weighted by molar-refractivity contribution is 7.90. The molecule has 8 rings (SSSR count). The molecule has 8 aromatic rings. The Balaban J connectivity index is 1.27. The van der Waals surface area contributed by atoms with E-state index in [9.17, 15) is 0 Å². The van der Waals surface area contributed by atoms with Gasteiger partial charge in [-0.3, -0.25) is 0 Å². The third-order valence-electron chi connectivity index (χ3n) is 11.8. The van der Waals surface area contributed by atoms with Gasteiger partial charge < -0.3 is 9.11 Å². The van der Waals surface area contributed by atoms with Crippen LogP contribution in [0.5, 0.6) is 0 Å². The zero-order chi connectivity index (χ0) is 43.5. The summed E-state index contributed by atoms with van der Waals surface area (Å²) in [5.74, 6) is 0. The second kappa shape index (κ2) is 21.3. The van der Waals surface area contributed by atoms with Crippen molar-refractivity contribution in [3.8, 4) is 0 Å². The van der Waals surface area contributed by atoms with Crippen molar-refractivity contribution in [3.63, 3.8) is 0 Å². The summed E-state index contributed by atoms with van der Waals surface area (Å²) >= 11 is 0. The zero-order valence-corrected chi connectivity index (χ0v) is 40.1. The molecule has 8 aromatic carbocycles. The van der Waals surface area contributed by atoms with E-state index >= 15 is 0 Å². The van der Waals surface area contributed by atoms with Gasteiger partial charge in [-0.2, -0.15) is 0 Å². The van der Waals surface area contributed by atoms with E-state index in [2.05, 4.69) is 250 Å². The van der Waals surface area contributed by atoms with Gasteiger partial charge in [0.05, 0.1) is 29.9 Å². The van der Waals surface area contributed by atoms with Crippen molar-refractivity contribution < 1.29 is 0 Å². The molecule has 0 amide bonds. The Kier molecular flexibility index (Phi) is 15.0. The Labute approximate surface area is 381 Å². The molecule has 0 aliphatic rings. The quantitative estimate of drug-likeness (QED) is 0.0841. The first kappa shape index (κ1) is 44.3. The van der Waals surface area contributed by atoms with Crippen molar-refractivity contribution in [3.05, 3.63) is 240 Å². The third kappa shape index (κ3) is 9.91. The molecular weight excluding hydrogens is 818 g/mol. The second-order valence-corrected chi connectivity index (χ2v) is 22.6. The highest BCUT2D eigenvalue weighted by Crippen LogP contribution is 2.59. The van der Waals surface area contributed by atoms with Gasteiger partial charge in [-0.15, -0.1) is 0 Å². The fourth-order valence-electron chi connectivity index (χ4n) is 8.89. The van der Waals surface area contributed by atoms with Crippen LogP contribution < -0.4 is 40.9 Å². The van der Waals surface area contributed by atoms with Gasteiger partial charge in [0.2, 0.25) is 0 Å². The zero-order valence-electron chi connectivity index (χ0n) is 37.4. The van der Waals surface area contributed by atoms with Crippen molar-refractivity contribution in [1.82, 2.24) is 0 Å². The Morgan fingerprint density at radius 2 is 0.556 bits per heavy atom. The van der Waals surface area contributed by atoms with Crippen LogP contribution in [0.15, 0.2) is 206 Å². The van der Waals surface area contributed by atoms with Gasteiger partial charge in [-0.05, 0) is 65.5 Å². The molecule has 0 saturated carbocycles. The minimum absolute atomic E-state index is 0.760. The SMILES string of the molecule is CCc1cc(Cc2cc(CC)c(N(P(c3ccccc3)c3ccccc3)P(c3ccccc3)c3ccccc3)c(CC)c2)cc(CC)c1N(C)P(c1ccccc1)c1ccccc1. The van der Waals surface area contributed by atoms with Crippen LogP contribution in [0.3, 0.4) is 0 Å². The smallest absolute Gasteiger partial charge is 0.0590 e. The van der Waals surface area contributed by atoms with E-state index in [1.807, 2.05) is 0 Å². The van der Waals surface area contributed by atoms with E-state index in [0.717, 1.165) is 32.1 Å². The summed E-state index contributed by atoms with van der Waals surface area (Å²) in [5, 5.41) is 8.18. The highest BCUT2D eigenvalue weighted by Gasteiger charge is 2.35. The Hall–Kier alpha value is -5.35. The maximum absolute atomic E-state index is 2.90. The van der Waals surface area contributed by atoms with Crippen LogP contribution in [-0.2, 0) is 32.1 Å². The molecule has 0 bridgehead atoms. The highest BCUT2D eigenvalue weighted by atomic mass is 31.2. The number of hydrogen-bond acceptors (Lipinski definition) is 2.